The number of hydrogen-bond acceptors (Lipinski definition) is 3. The maximum atomic E-state index is 12.2. The van der Waals surface area contributed by atoms with Crippen molar-refractivity contribution in [1.82, 2.24) is 4.57 Å². The van der Waals surface area contributed by atoms with Crippen molar-refractivity contribution in [3.8, 4) is 0 Å². The maximum Gasteiger partial charge on any atom is 0.259 e. The third-order valence-electron chi connectivity index (χ3n) is 3.22. The molecule has 0 aliphatic heterocycles. The average molecular weight is 306 g/mol. The molecule has 20 heavy (non-hydrogen) atoms. The van der Waals surface area contributed by atoms with Crippen LogP contribution in [0, 0.1) is 0 Å². The molecule has 5 heteroatoms. The number of pyridine rings is 1. The first-order valence-electron chi connectivity index (χ1n) is 6.15. The van der Waals surface area contributed by atoms with E-state index in [-0.39, 0.29) is 12.1 Å². The van der Waals surface area contributed by atoms with E-state index in [9.17, 15) is 9.90 Å². The number of aliphatic hydroxyl groups excluding tert-OH is 1. The van der Waals surface area contributed by atoms with E-state index in [1.807, 2.05) is 17.5 Å². The predicted molar refractivity (Wildman–Crippen MR) is 82.5 cm³/mol. The van der Waals surface area contributed by atoms with Crippen molar-refractivity contribution in [3.05, 3.63) is 68.9 Å². The number of nitrogens with zero attached hydrogens (tertiary/aromatic N) is 1. The Hall–Kier alpha value is -1.62. The Morgan fingerprint density at radius 3 is 2.70 bits per heavy atom. The highest BCUT2D eigenvalue weighted by atomic mass is 35.5. The standard InChI is InChI=1S/C15H12ClNO2S/c16-11-3-1-10(2-4-11)13(18)9-17-7-5-14-12(15(17)19)6-8-20-14/h1-8,13,18H,9H2. The smallest absolute Gasteiger partial charge is 0.259 e. The number of halogens is 1. The zero-order valence-corrected chi connectivity index (χ0v) is 12.1. The predicted octanol–water partition coefficient (Wildman–Crippen LogP) is 3.45. The van der Waals surface area contributed by atoms with Gasteiger partial charge in [-0.2, -0.15) is 0 Å². The maximum absolute atomic E-state index is 12.2. The van der Waals surface area contributed by atoms with Crippen molar-refractivity contribution in [2.45, 2.75) is 12.6 Å². The van der Waals surface area contributed by atoms with Gasteiger partial charge < -0.3 is 9.67 Å². The Bertz CT molecular complexity index is 791. The molecule has 0 bridgehead atoms. The average Bonchev–Trinajstić information content (AvgIpc) is 2.92. The van der Waals surface area contributed by atoms with Gasteiger partial charge in [0, 0.05) is 15.9 Å². The lowest BCUT2D eigenvalue weighted by atomic mass is 10.1. The highest BCUT2D eigenvalue weighted by Gasteiger charge is 2.11. The van der Waals surface area contributed by atoms with Crippen LogP contribution in [-0.2, 0) is 6.54 Å². The highest BCUT2D eigenvalue weighted by molar-refractivity contribution is 7.17. The summed E-state index contributed by atoms with van der Waals surface area (Å²) in [6, 6.07) is 10.7. The lowest BCUT2D eigenvalue weighted by molar-refractivity contribution is 0.155. The largest absolute Gasteiger partial charge is 0.387 e. The van der Waals surface area contributed by atoms with Crippen LogP contribution in [0.4, 0.5) is 0 Å². The van der Waals surface area contributed by atoms with Gasteiger partial charge in [0.2, 0.25) is 0 Å². The number of fused-ring (bicyclic) bond motifs is 1. The van der Waals surface area contributed by atoms with Crippen molar-refractivity contribution >= 4 is 33.0 Å². The van der Waals surface area contributed by atoms with E-state index >= 15 is 0 Å². The molecule has 3 aromatic rings. The van der Waals surface area contributed by atoms with Gasteiger partial charge in [-0.1, -0.05) is 23.7 Å². The van der Waals surface area contributed by atoms with Crippen LogP contribution >= 0.6 is 22.9 Å². The summed E-state index contributed by atoms with van der Waals surface area (Å²) in [5, 5.41) is 13.4. The molecule has 3 rings (SSSR count). The van der Waals surface area contributed by atoms with Gasteiger partial charge in [-0.05, 0) is 35.2 Å². The van der Waals surface area contributed by atoms with Crippen LogP contribution in [0.5, 0.6) is 0 Å². The third-order valence-corrected chi connectivity index (χ3v) is 4.35. The summed E-state index contributed by atoms with van der Waals surface area (Å²) in [6.45, 7) is 0.228. The fourth-order valence-corrected chi connectivity index (χ4v) is 3.03. The van der Waals surface area contributed by atoms with Gasteiger partial charge in [0.1, 0.15) is 0 Å². The molecule has 0 saturated heterocycles. The van der Waals surface area contributed by atoms with E-state index in [2.05, 4.69) is 0 Å². The minimum Gasteiger partial charge on any atom is -0.387 e. The van der Waals surface area contributed by atoms with Crippen LogP contribution in [-0.4, -0.2) is 9.67 Å². The summed E-state index contributed by atoms with van der Waals surface area (Å²) >= 11 is 7.36. The second-order valence-corrected chi connectivity index (χ2v) is 5.92. The summed E-state index contributed by atoms with van der Waals surface area (Å²) in [7, 11) is 0. The zero-order valence-electron chi connectivity index (χ0n) is 10.5. The molecule has 1 atom stereocenters. The van der Waals surface area contributed by atoms with Crippen LogP contribution in [0.25, 0.3) is 10.1 Å². The Morgan fingerprint density at radius 2 is 1.95 bits per heavy atom. The van der Waals surface area contributed by atoms with E-state index in [0.29, 0.717) is 10.4 Å². The summed E-state index contributed by atoms with van der Waals surface area (Å²) in [4.78, 5) is 12.2. The molecule has 2 aromatic heterocycles. The van der Waals surface area contributed by atoms with Crippen molar-refractivity contribution in [2.75, 3.05) is 0 Å². The van der Waals surface area contributed by atoms with Gasteiger partial charge in [0.05, 0.1) is 18.0 Å². The van der Waals surface area contributed by atoms with Crippen molar-refractivity contribution in [3.63, 3.8) is 0 Å². The Morgan fingerprint density at radius 1 is 1.20 bits per heavy atom. The van der Waals surface area contributed by atoms with Crippen LogP contribution in [0.15, 0.2) is 52.8 Å². The molecule has 102 valence electrons. The van der Waals surface area contributed by atoms with E-state index in [1.54, 1.807) is 30.5 Å². The van der Waals surface area contributed by atoms with E-state index in [1.165, 1.54) is 15.9 Å². The topological polar surface area (TPSA) is 42.2 Å². The molecule has 0 radical (unpaired) electrons. The number of benzene rings is 1. The Kier molecular flexibility index (Phi) is 3.61. The molecule has 3 nitrogen and oxygen atoms in total. The Labute approximate surface area is 124 Å². The molecular formula is C15H12ClNO2S. The second-order valence-electron chi connectivity index (χ2n) is 4.54. The first kappa shape index (κ1) is 13.4. The molecular weight excluding hydrogens is 294 g/mol. The first-order valence-corrected chi connectivity index (χ1v) is 7.41. The fraction of sp³-hybridized carbons (Fsp3) is 0.133. The number of aromatic nitrogens is 1. The molecule has 0 aliphatic carbocycles. The van der Waals surface area contributed by atoms with Crippen LogP contribution in [0.3, 0.4) is 0 Å². The lowest BCUT2D eigenvalue weighted by Gasteiger charge is -2.13. The molecule has 1 N–H and O–H groups in total. The third kappa shape index (κ3) is 2.50. The molecule has 0 saturated carbocycles. The van der Waals surface area contributed by atoms with Gasteiger partial charge in [0.15, 0.2) is 0 Å². The summed E-state index contributed by atoms with van der Waals surface area (Å²) in [5.74, 6) is 0. The fourth-order valence-electron chi connectivity index (χ4n) is 2.13. The molecule has 0 amide bonds. The van der Waals surface area contributed by atoms with Gasteiger partial charge in [-0.25, -0.2) is 0 Å². The molecule has 2 heterocycles. The minimum absolute atomic E-state index is 0.0724. The van der Waals surface area contributed by atoms with Crippen molar-refractivity contribution in [2.24, 2.45) is 0 Å². The van der Waals surface area contributed by atoms with Crippen LogP contribution in [0.1, 0.15) is 11.7 Å². The van der Waals surface area contributed by atoms with Gasteiger partial charge in [-0.3, -0.25) is 4.79 Å². The normalized spacial score (nSPS) is 12.7. The lowest BCUT2D eigenvalue weighted by Crippen LogP contribution is -2.22. The van der Waals surface area contributed by atoms with E-state index < -0.39 is 6.10 Å². The van der Waals surface area contributed by atoms with Crippen molar-refractivity contribution < 1.29 is 5.11 Å². The number of hydrogen-bond donors (Lipinski definition) is 1. The van der Waals surface area contributed by atoms with Crippen LogP contribution in [0.2, 0.25) is 5.02 Å². The number of aliphatic hydroxyl groups is 1. The summed E-state index contributed by atoms with van der Waals surface area (Å²) < 4.78 is 2.50. The van der Waals surface area contributed by atoms with Gasteiger partial charge in [0.25, 0.3) is 5.56 Å². The quantitative estimate of drug-likeness (QED) is 0.805. The van der Waals surface area contributed by atoms with Crippen molar-refractivity contribution in [1.29, 1.82) is 0 Å². The molecule has 0 fully saturated rings. The number of thiophene rings is 1. The van der Waals surface area contributed by atoms with E-state index in [4.69, 9.17) is 11.6 Å². The summed E-state index contributed by atoms with van der Waals surface area (Å²) in [6.07, 6.45) is 0.987. The zero-order chi connectivity index (χ0) is 14.1. The SMILES string of the molecule is O=c1c2ccsc2ccn1CC(O)c1ccc(Cl)cc1. The van der Waals surface area contributed by atoms with Crippen LogP contribution < -0.4 is 5.56 Å². The molecule has 0 aliphatic rings. The molecule has 1 aromatic carbocycles. The molecule has 1 unspecified atom stereocenters. The van der Waals surface area contributed by atoms with Gasteiger partial charge >= 0.3 is 0 Å². The number of rotatable bonds is 3. The van der Waals surface area contributed by atoms with Gasteiger partial charge in [-0.15, -0.1) is 11.3 Å². The second kappa shape index (κ2) is 5.40. The Balaban J connectivity index is 1.90. The first-order chi connectivity index (χ1) is 9.65. The highest BCUT2D eigenvalue weighted by Crippen LogP contribution is 2.19. The van der Waals surface area contributed by atoms with E-state index in [0.717, 1.165) is 10.3 Å². The molecule has 0 spiro atoms. The monoisotopic (exact) mass is 305 g/mol. The summed E-state index contributed by atoms with van der Waals surface area (Å²) in [5.41, 5.74) is 0.670. The minimum atomic E-state index is -0.735.